The van der Waals surface area contributed by atoms with Gasteiger partial charge in [0.05, 0.1) is 12.1 Å². The van der Waals surface area contributed by atoms with E-state index in [1.54, 1.807) is 10.8 Å². The van der Waals surface area contributed by atoms with Gasteiger partial charge in [0.2, 0.25) is 0 Å². The molecule has 0 saturated carbocycles. The predicted molar refractivity (Wildman–Crippen MR) is 66.7 cm³/mol. The Bertz CT molecular complexity index is 548. The Labute approximate surface area is 109 Å². The lowest BCUT2D eigenvalue weighted by Gasteiger charge is -2.11. The molecule has 0 radical (unpaired) electrons. The summed E-state index contributed by atoms with van der Waals surface area (Å²) in [6, 6.07) is 7.73. The van der Waals surface area contributed by atoms with Crippen LogP contribution in [0.2, 0.25) is 0 Å². The average molecular weight is 272 g/mol. The van der Waals surface area contributed by atoms with Crippen LogP contribution in [0.25, 0.3) is 10.9 Å². The number of aromatic nitrogens is 1. The van der Waals surface area contributed by atoms with E-state index in [0.717, 1.165) is 16.5 Å². The number of benzene rings is 1. The summed E-state index contributed by atoms with van der Waals surface area (Å²) in [7, 11) is 1.83. The normalized spacial score (nSPS) is 12.2. The van der Waals surface area contributed by atoms with E-state index in [-0.39, 0.29) is 13.2 Å². The Morgan fingerprint density at radius 3 is 2.74 bits per heavy atom. The van der Waals surface area contributed by atoms with Crippen LogP contribution < -0.4 is 5.32 Å². The number of para-hydroxylation sites is 1. The van der Waals surface area contributed by atoms with Gasteiger partial charge >= 0.3 is 6.36 Å². The molecule has 0 saturated heterocycles. The molecule has 0 bridgehead atoms. The van der Waals surface area contributed by atoms with Crippen molar-refractivity contribution in [3.63, 3.8) is 0 Å². The second-order valence-corrected chi connectivity index (χ2v) is 4.19. The fraction of sp³-hybridized carbons (Fsp3) is 0.385. The van der Waals surface area contributed by atoms with Crippen molar-refractivity contribution in [1.29, 1.82) is 0 Å². The van der Waals surface area contributed by atoms with E-state index < -0.39 is 6.36 Å². The maximum atomic E-state index is 12.0. The lowest BCUT2D eigenvalue weighted by atomic mass is 10.1. The standard InChI is InChI=1S/C13H15F3N2O/c1-17-9-11-4-2-3-10-5-6-18(12(10)11)7-8-19-13(14,15)16/h2-6,17H,7-9H2,1H3. The van der Waals surface area contributed by atoms with Crippen LogP contribution in [0.3, 0.4) is 0 Å². The molecule has 3 nitrogen and oxygen atoms in total. The number of alkyl halides is 3. The van der Waals surface area contributed by atoms with Crippen molar-refractivity contribution in [2.75, 3.05) is 13.7 Å². The molecular formula is C13H15F3N2O. The monoisotopic (exact) mass is 272 g/mol. The SMILES string of the molecule is CNCc1cccc2ccn(CCOC(F)(F)F)c12. The van der Waals surface area contributed by atoms with Crippen LogP contribution in [-0.2, 0) is 17.8 Å². The highest BCUT2D eigenvalue weighted by Crippen LogP contribution is 2.21. The molecule has 0 atom stereocenters. The van der Waals surface area contributed by atoms with Crippen LogP contribution in [0.1, 0.15) is 5.56 Å². The van der Waals surface area contributed by atoms with Crippen molar-refractivity contribution in [1.82, 2.24) is 9.88 Å². The van der Waals surface area contributed by atoms with Crippen LogP contribution in [0.15, 0.2) is 30.5 Å². The molecule has 1 aromatic heterocycles. The molecule has 0 aliphatic heterocycles. The molecule has 19 heavy (non-hydrogen) atoms. The lowest BCUT2D eigenvalue weighted by molar-refractivity contribution is -0.325. The number of ether oxygens (including phenoxy) is 1. The summed E-state index contributed by atoms with van der Waals surface area (Å²) >= 11 is 0. The fourth-order valence-electron chi connectivity index (χ4n) is 2.12. The Kier molecular flexibility index (Phi) is 4.11. The summed E-state index contributed by atoms with van der Waals surface area (Å²) in [4.78, 5) is 0. The first-order valence-electron chi connectivity index (χ1n) is 5.93. The third kappa shape index (κ3) is 3.48. The molecule has 104 valence electrons. The highest BCUT2D eigenvalue weighted by Gasteiger charge is 2.28. The van der Waals surface area contributed by atoms with Crippen LogP contribution >= 0.6 is 0 Å². The Balaban J connectivity index is 2.19. The summed E-state index contributed by atoms with van der Waals surface area (Å²) in [6.07, 6.45) is -2.79. The van der Waals surface area contributed by atoms with Crippen molar-refractivity contribution in [3.05, 3.63) is 36.0 Å². The third-order valence-corrected chi connectivity index (χ3v) is 2.84. The zero-order chi connectivity index (χ0) is 13.9. The van der Waals surface area contributed by atoms with E-state index >= 15 is 0 Å². The molecule has 1 N–H and O–H groups in total. The zero-order valence-corrected chi connectivity index (χ0v) is 10.5. The number of halogens is 3. The number of nitrogens with zero attached hydrogens (tertiary/aromatic N) is 1. The average Bonchev–Trinajstić information content (AvgIpc) is 2.73. The van der Waals surface area contributed by atoms with Gasteiger partial charge in [0.25, 0.3) is 0 Å². The summed E-state index contributed by atoms with van der Waals surface area (Å²) < 4.78 is 41.5. The maximum Gasteiger partial charge on any atom is 0.522 e. The fourth-order valence-corrected chi connectivity index (χ4v) is 2.12. The van der Waals surface area contributed by atoms with E-state index in [4.69, 9.17) is 0 Å². The maximum absolute atomic E-state index is 12.0. The van der Waals surface area contributed by atoms with E-state index in [0.29, 0.717) is 6.54 Å². The quantitative estimate of drug-likeness (QED) is 0.905. The zero-order valence-electron chi connectivity index (χ0n) is 10.5. The first-order valence-corrected chi connectivity index (χ1v) is 5.93. The topological polar surface area (TPSA) is 26.2 Å². The molecular weight excluding hydrogens is 257 g/mol. The van der Waals surface area contributed by atoms with E-state index in [1.165, 1.54) is 0 Å². The van der Waals surface area contributed by atoms with E-state index in [1.807, 2.05) is 31.3 Å². The molecule has 0 aliphatic carbocycles. The first kappa shape index (κ1) is 13.9. The number of hydrogen-bond acceptors (Lipinski definition) is 2. The van der Waals surface area contributed by atoms with Crippen molar-refractivity contribution in [3.8, 4) is 0 Å². The van der Waals surface area contributed by atoms with Gasteiger partial charge in [0, 0.05) is 19.3 Å². The Hall–Kier alpha value is -1.53. The third-order valence-electron chi connectivity index (χ3n) is 2.84. The van der Waals surface area contributed by atoms with Gasteiger partial charge in [-0.05, 0) is 24.1 Å². The molecule has 2 aromatic rings. The lowest BCUT2D eigenvalue weighted by Crippen LogP contribution is -2.17. The predicted octanol–water partition coefficient (Wildman–Crippen LogP) is 2.90. The summed E-state index contributed by atoms with van der Waals surface area (Å²) in [5, 5.41) is 4.06. The molecule has 0 fully saturated rings. The first-order chi connectivity index (χ1) is 9.01. The second kappa shape index (κ2) is 5.63. The van der Waals surface area contributed by atoms with Gasteiger partial charge < -0.3 is 9.88 Å². The minimum Gasteiger partial charge on any atom is -0.345 e. The number of nitrogens with one attached hydrogen (secondary N) is 1. The van der Waals surface area contributed by atoms with Crippen LogP contribution in [0, 0.1) is 0 Å². The van der Waals surface area contributed by atoms with Crippen molar-refractivity contribution in [2.45, 2.75) is 19.5 Å². The Morgan fingerprint density at radius 1 is 1.26 bits per heavy atom. The molecule has 0 aliphatic rings. The summed E-state index contributed by atoms with van der Waals surface area (Å²) in [5.41, 5.74) is 2.00. The van der Waals surface area contributed by atoms with Gasteiger partial charge in [-0.15, -0.1) is 13.2 Å². The Morgan fingerprint density at radius 2 is 2.05 bits per heavy atom. The van der Waals surface area contributed by atoms with Gasteiger partial charge in [-0.2, -0.15) is 0 Å². The van der Waals surface area contributed by atoms with Crippen molar-refractivity contribution in [2.24, 2.45) is 0 Å². The van der Waals surface area contributed by atoms with Gasteiger partial charge in [-0.25, -0.2) is 0 Å². The van der Waals surface area contributed by atoms with E-state index in [9.17, 15) is 13.2 Å². The molecule has 2 rings (SSSR count). The van der Waals surface area contributed by atoms with Gasteiger partial charge in [0.1, 0.15) is 0 Å². The molecule has 0 spiro atoms. The second-order valence-electron chi connectivity index (χ2n) is 4.19. The molecule has 0 unspecified atom stereocenters. The largest absolute Gasteiger partial charge is 0.522 e. The van der Waals surface area contributed by atoms with Crippen LogP contribution in [0.5, 0.6) is 0 Å². The smallest absolute Gasteiger partial charge is 0.345 e. The van der Waals surface area contributed by atoms with Crippen LogP contribution in [0.4, 0.5) is 13.2 Å². The number of rotatable bonds is 5. The number of hydrogen-bond donors (Lipinski definition) is 1. The number of fused-ring (bicyclic) bond motifs is 1. The molecule has 6 heteroatoms. The minimum atomic E-state index is -4.57. The highest BCUT2D eigenvalue weighted by molar-refractivity contribution is 5.83. The van der Waals surface area contributed by atoms with Crippen LogP contribution in [-0.4, -0.2) is 24.6 Å². The van der Waals surface area contributed by atoms with Gasteiger partial charge in [0.15, 0.2) is 0 Å². The highest BCUT2D eigenvalue weighted by atomic mass is 19.4. The summed E-state index contributed by atoms with van der Waals surface area (Å²) in [5.74, 6) is 0. The van der Waals surface area contributed by atoms with Gasteiger partial charge in [-0.3, -0.25) is 4.74 Å². The summed E-state index contributed by atoms with van der Waals surface area (Å²) in [6.45, 7) is 0.451. The van der Waals surface area contributed by atoms with Crippen molar-refractivity contribution >= 4 is 10.9 Å². The molecule has 0 amide bonds. The van der Waals surface area contributed by atoms with Gasteiger partial charge in [-0.1, -0.05) is 18.2 Å². The molecule has 1 aromatic carbocycles. The molecule has 1 heterocycles. The van der Waals surface area contributed by atoms with E-state index in [2.05, 4.69) is 10.1 Å². The minimum absolute atomic E-state index is 0.170. The van der Waals surface area contributed by atoms with Crippen molar-refractivity contribution < 1.29 is 17.9 Å².